The second-order valence-corrected chi connectivity index (χ2v) is 6.64. The van der Waals surface area contributed by atoms with Crippen molar-refractivity contribution in [2.75, 3.05) is 31.2 Å². The average Bonchev–Trinajstić information content (AvgIpc) is 2.68. The van der Waals surface area contributed by atoms with Crippen molar-refractivity contribution in [3.8, 4) is 22.5 Å². The molecule has 0 N–H and O–H groups in total. The summed E-state index contributed by atoms with van der Waals surface area (Å²) in [5, 5.41) is 0. The Bertz CT molecular complexity index is 962. The molecule has 5 heteroatoms. The van der Waals surface area contributed by atoms with E-state index in [1.165, 1.54) is 0 Å². The van der Waals surface area contributed by atoms with Crippen molar-refractivity contribution in [2.45, 2.75) is 4.90 Å². The van der Waals surface area contributed by atoms with Crippen LogP contribution in [0.3, 0.4) is 0 Å². The van der Waals surface area contributed by atoms with Gasteiger partial charge in [-0.2, -0.15) is 0 Å². The van der Waals surface area contributed by atoms with Gasteiger partial charge in [0.05, 0.1) is 13.2 Å². The highest BCUT2D eigenvalue weighted by molar-refractivity contribution is 7.80. The Morgan fingerprint density at radius 1 is 0.923 bits per heavy atom. The molecule has 1 aromatic heterocycles. The monoisotopic (exact) mass is 365 g/mol. The summed E-state index contributed by atoms with van der Waals surface area (Å²) in [5.41, 5.74) is 2.78. The topological polar surface area (TPSA) is 42.7 Å². The molecule has 0 spiro atoms. The van der Waals surface area contributed by atoms with Crippen molar-refractivity contribution < 1.29 is 9.15 Å². The van der Waals surface area contributed by atoms with Gasteiger partial charge < -0.3 is 14.1 Å². The summed E-state index contributed by atoms with van der Waals surface area (Å²) in [4.78, 5) is 15.2. The molecule has 26 heavy (non-hydrogen) atoms. The van der Waals surface area contributed by atoms with Crippen molar-refractivity contribution >= 4 is 18.5 Å². The van der Waals surface area contributed by atoms with E-state index in [1.807, 2.05) is 53.4 Å². The molecule has 0 saturated carbocycles. The normalized spacial score (nSPS) is 14.4. The lowest BCUT2D eigenvalue weighted by Crippen LogP contribution is -2.36. The third-order valence-corrected chi connectivity index (χ3v) is 4.82. The molecule has 1 aliphatic rings. The number of rotatable bonds is 3. The molecule has 0 aliphatic carbocycles. The molecule has 1 fully saturated rings. The number of hydrogen-bond donors (Lipinski definition) is 1. The van der Waals surface area contributed by atoms with E-state index in [0.717, 1.165) is 21.6 Å². The maximum atomic E-state index is 12.3. The Hall–Kier alpha value is -2.50. The van der Waals surface area contributed by atoms with E-state index < -0.39 is 0 Å². The number of morpholine rings is 1. The van der Waals surface area contributed by atoms with Crippen LogP contribution in [0.5, 0.6) is 0 Å². The van der Waals surface area contributed by atoms with Crippen LogP contribution < -0.4 is 10.3 Å². The average molecular weight is 365 g/mol. The van der Waals surface area contributed by atoms with Crippen LogP contribution in [0.1, 0.15) is 0 Å². The zero-order valence-electron chi connectivity index (χ0n) is 14.2. The van der Waals surface area contributed by atoms with E-state index >= 15 is 0 Å². The molecule has 1 aliphatic heterocycles. The standard InChI is InChI=1S/C21H19NO3S/c23-16-13-18(25-20(14-16)22-9-11-24-12-10-22)17-7-4-8-19(26)21(17)15-5-2-1-3-6-15/h1-8,13-14,26H,9-12H2. The third kappa shape index (κ3) is 3.41. The quantitative estimate of drug-likeness (QED) is 0.710. The predicted molar refractivity (Wildman–Crippen MR) is 106 cm³/mol. The number of hydrogen-bond acceptors (Lipinski definition) is 5. The zero-order chi connectivity index (χ0) is 17.9. The molecule has 3 aromatic rings. The minimum atomic E-state index is -0.0729. The van der Waals surface area contributed by atoms with Gasteiger partial charge in [-0.05, 0) is 11.6 Å². The summed E-state index contributed by atoms with van der Waals surface area (Å²) in [7, 11) is 0. The molecule has 2 aromatic carbocycles. The van der Waals surface area contributed by atoms with E-state index in [1.54, 1.807) is 12.1 Å². The first-order chi connectivity index (χ1) is 12.7. The maximum absolute atomic E-state index is 12.3. The van der Waals surface area contributed by atoms with Gasteiger partial charge in [0.25, 0.3) is 0 Å². The van der Waals surface area contributed by atoms with Crippen molar-refractivity contribution in [2.24, 2.45) is 0 Å². The first-order valence-corrected chi connectivity index (χ1v) is 9.03. The summed E-state index contributed by atoms with van der Waals surface area (Å²) < 4.78 is 11.5. The highest BCUT2D eigenvalue weighted by Gasteiger charge is 2.18. The Kier molecular flexibility index (Phi) is 4.82. The second kappa shape index (κ2) is 7.40. The molecule has 0 bridgehead atoms. The first-order valence-electron chi connectivity index (χ1n) is 8.58. The number of anilines is 1. The molecular formula is C21H19NO3S. The summed E-state index contributed by atoms with van der Waals surface area (Å²) >= 11 is 4.64. The van der Waals surface area contributed by atoms with Gasteiger partial charge in [0, 0.05) is 41.2 Å². The van der Waals surface area contributed by atoms with Crippen molar-refractivity contribution in [1.29, 1.82) is 0 Å². The molecule has 0 radical (unpaired) electrons. The van der Waals surface area contributed by atoms with Gasteiger partial charge in [-0.15, -0.1) is 12.6 Å². The van der Waals surface area contributed by atoms with Crippen LogP contribution in [0.4, 0.5) is 5.88 Å². The van der Waals surface area contributed by atoms with Gasteiger partial charge in [-0.3, -0.25) is 4.79 Å². The maximum Gasteiger partial charge on any atom is 0.200 e. The fourth-order valence-corrected chi connectivity index (χ4v) is 3.53. The van der Waals surface area contributed by atoms with E-state index in [9.17, 15) is 4.79 Å². The minimum Gasteiger partial charge on any atom is -0.440 e. The van der Waals surface area contributed by atoms with Gasteiger partial charge in [0.15, 0.2) is 11.3 Å². The zero-order valence-corrected chi connectivity index (χ0v) is 15.1. The SMILES string of the molecule is O=c1cc(-c2cccc(S)c2-c2ccccc2)oc(N2CCOCC2)c1. The highest BCUT2D eigenvalue weighted by atomic mass is 32.1. The Morgan fingerprint density at radius 2 is 1.69 bits per heavy atom. The fourth-order valence-electron chi connectivity index (χ4n) is 3.19. The molecule has 4 rings (SSSR count). The summed E-state index contributed by atoms with van der Waals surface area (Å²) in [6.45, 7) is 2.69. The Labute approximate surface area is 157 Å². The van der Waals surface area contributed by atoms with E-state index in [4.69, 9.17) is 9.15 Å². The summed E-state index contributed by atoms with van der Waals surface area (Å²) in [6.07, 6.45) is 0. The van der Waals surface area contributed by atoms with Crippen molar-refractivity contribution in [1.82, 2.24) is 0 Å². The molecule has 0 atom stereocenters. The molecular weight excluding hydrogens is 346 g/mol. The molecule has 2 heterocycles. The van der Waals surface area contributed by atoms with Crippen LogP contribution in [0.15, 0.2) is 74.8 Å². The van der Waals surface area contributed by atoms with Gasteiger partial charge in [-0.1, -0.05) is 42.5 Å². The third-order valence-electron chi connectivity index (χ3n) is 4.45. The highest BCUT2D eigenvalue weighted by Crippen LogP contribution is 2.37. The van der Waals surface area contributed by atoms with Crippen LogP contribution in [0.2, 0.25) is 0 Å². The molecule has 0 unspecified atom stereocenters. The molecule has 132 valence electrons. The number of nitrogens with zero attached hydrogens (tertiary/aromatic N) is 1. The number of benzene rings is 2. The largest absolute Gasteiger partial charge is 0.440 e. The smallest absolute Gasteiger partial charge is 0.200 e. The van der Waals surface area contributed by atoms with Gasteiger partial charge >= 0.3 is 0 Å². The van der Waals surface area contributed by atoms with Crippen LogP contribution >= 0.6 is 12.6 Å². The number of ether oxygens (including phenoxy) is 1. The van der Waals surface area contributed by atoms with E-state index in [0.29, 0.717) is 37.9 Å². The lowest BCUT2D eigenvalue weighted by molar-refractivity contribution is 0.120. The minimum absolute atomic E-state index is 0.0729. The number of thiol groups is 1. The van der Waals surface area contributed by atoms with Crippen LogP contribution in [-0.4, -0.2) is 26.3 Å². The molecule has 4 nitrogen and oxygen atoms in total. The summed E-state index contributed by atoms with van der Waals surface area (Å²) in [6, 6.07) is 18.9. The molecule has 0 amide bonds. The van der Waals surface area contributed by atoms with Crippen LogP contribution in [0, 0.1) is 0 Å². The molecule has 1 saturated heterocycles. The van der Waals surface area contributed by atoms with Gasteiger partial charge in [-0.25, -0.2) is 0 Å². The van der Waals surface area contributed by atoms with Gasteiger partial charge in [0.1, 0.15) is 5.76 Å². The van der Waals surface area contributed by atoms with Crippen LogP contribution in [-0.2, 0) is 4.74 Å². The Morgan fingerprint density at radius 3 is 2.46 bits per heavy atom. The lowest BCUT2D eigenvalue weighted by Gasteiger charge is -2.27. The van der Waals surface area contributed by atoms with E-state index in [-0.39, 0.29) is 5.43 Å². The second-order valence-electron chi connectivity index (χ2n) is 6.16. The van der Waals surface area contributed by atoms with Crippen LogP contribution in [0.25, 0.3) is 22.5 Å². The Balaban J connectivity index is 1.85. The first kappa shape index (κ1) is 16.9. The van der Waals surface area contributed by atoms with Crippen molar-refractivity contribution in [3.63, 3.8) is 0 Å². The fraction of sp³-hybridized carbons (Fsp3) is 0.190. The summed E-state index contributed by atoms with van der Waals surface area (Å²) in [5.74, 6) is 1.13. The van der Waals surface area contributed by atoms with Crippen molar-refractivity contribution in [3.05, 3.63) is 70.9 Å². The lowest BCUT2D eigenvalue weighted by atomic mass is 9.98. The van der Waals surface area contributed by atoms with Gasteiger partial charge in [0.2, 0.25) is 0 Å². The predicted octanol–water partition coefficient (Wildman–Crippen LogP) is 4.10. The van der Waals surface area contributed by atoms with E-state index in [2.05, 4.69) is 12.6 Å².